The highest BCUT2D eigenvalue weighted by molar-refractivity contribution is 7.90. The van der Waals surface area contributed by atoms with Crippen LogP contribution < -0.4 is 0 Å². The van der Waals surface area contributed by atoms with Crippen LogP contribution >= 0.6 is 0 Å². The van der Waals surface area contributed by atoms with Gasteiger partial charge in [-0.2, -0.15) is 0 Å². The molecule has 0 spiro atoms. The molecule has 0 fully saturated rings. The first-order chi connectivity index (χ1) is 9.48. The van der Waals surface area contributed by atoms with Crippen LogP contribution in [0.5, 0.6) is 0 Å². The van der Waals surface area contributed by atoms with E-state index in [4.69, 9.17) is 5.11 Å². The van der Waals surface area contributed by atoms with Crippen molar-refractivity contribution in [1.29, 1.82) is 0 Å². The summed E-state index contributed by atoms with van der Waals surface area (Å²) < 4.78 is 26.3. The SMILES string of the molecule is C=CC(c1ccc(C)cc1)S(=O)(=O)n1ccc(CO)c1. The fourth-order valence-corrected chi connectivity index (χ4v) is 3.51. The largest absolute Gasteiger partial charge is 0.392 e. The van der Waals surface area contributed by atoms with Crippen LogP contribution in [0.4, 0.5) is 0 Å². The molecule has 0 saturated carbocycles. The zero-order valence-corrected chi connectivity index (χ0v) is 12.0. The molecule has 0 aliphatic carbocycles. The third-order valence-electron chi connectivity index (χ3n) is 3.15. The predicted octanol–water partition coefficient (Wildman–Crippen LogP) is 2.39. The lowest BCUT2D eigenvalue weighted by Gasteiger charge is -2.15. The zero-order valence-electron chi connectivity index (χ0n) is 11.2. The number of aromatic nitrogens is 1. The van der Waals surface area contributed by atoms with Crippen LogP contribution in [0.25, 0.3) is 0 Å². The summed E-state index contributed by atoms with van der Waals surface area (Å²) in [4.78, 5) is 0. The lowest BCUT2D eigenvalue weighted by molar-refractivity contribution is 0.282. The average molecular weight is 291 g/mol. The molecule has 4 nitrogen and oxygen atoms in total. The van der Waals surface area contributed by atoms with Gasteiger partial charge in [-0.1, -0.05) is 35.9 Å². The van der Waals surface area contributed by atoms with Crippen molar-refractivity contribution in [3.8, 4) is 0 Å². The summed E-state index contributed by atoms with van der Waals surface area (Å²) in [6.45, 7) is 5.39. The van der Waals surface area contributed by atoms with E-state index >= 15 is 0 Å². The van der Waals surface area contributed by atoms with E-state index in [1.807, 2.05) is 19.1 Å². The number of hydrogen-bond donors (Lipinski definition) is 1. The van der Waals surface area contributed by atoms with Crippen molar-refractivity contribution < 1.29 is 13.5 Å². The summed E-state index contributed by atoms with van der Waals surface area (Å²) in [6.07, 6.45) is 4.27. The highest BCUT2D eigenvalue weighted by Gasteiger charge is 2.25. The molecule has 1 N–H and O–H groups in total. The van der Waals surface area contributed by atoms with E-state index in [9.17, 15) is 8.42 Å². The van der Waals surface area contributed by atoms with Gasteiger partial charge >= 0.3 is 0 Å². The van der Waals surface area contributed by atoms with Crippen LogP contribution in [0.3, 0.4) is 0 Å². The number of hydrogen-bond acceptors (Lipinski definition) is 3. The molecule has 0 aliphatic heterocycles. The second kappa shape index (κ2) is 5.64. The Kier molecular flexibility index (Phi) is 4.11. The first kappa shape index (κ1) is 14.6. The van der Waals surface area contributed by atoms with Gasteiger partial charge in [-0.25, -0.2) is 8.42 Å². The zero-order chi connectivity index (χ0) is 14.8. The molecule has 1 aromatic heterocycles. The van der Waals surface area contributed by atoms with Crippen LogP contribution in [0.1, 0.15) is 21.9 Å². The summed E-state index contributed by atoms with van der Waals surface area (Å²) in [5.74, 6) is 0. The second-order valence-corrected chi connectivity index (χ2v) is 6.58. The first-order valence-corrected chi connectivity index (χ1v) is 7.70. The normalized spacial score (nSPS) is 13.1. The van der Waals surface area contributed by atoms with Gasteiger partial charge in [-0.3, -0.25) is 3.97 Å². The van der Waals surface area contributed by atoms with Crippen molar-refractivity contribution >= 4 is 10.0 Å². The van der Waals surface area contributed by atoms with E-state index in [1.165, 1.54) is 18.5 Å². The van der Waals surface area contributed by atoms with E-state index < -0.39 is 15.3 Å². The third kappa shape index (κ3) is 2.69. The summed E-state index contributed by atoms with van der Waals surface area (Å²) in [7, 11) is -3.62. The Morgan fingerprint density at radius 2 is 1.95 bits per heavy atom. The van der Waals surface area contributed by atoms with Gasteiger partial charge < -0.3 is 5.11 Å². The number of aliphatic hydroxyl groups is 1. The Labute approximate surface area is 119 Å². The number of nitrogens with zero attached hydrogens (tertiary/aromatic N) is 1. The molecule has 5 heteroatoms. The topological polar surface area (TPSA) is 59.3 Å². The minimum absolute atomic E-state index is 0.189. The average Bonchev–Trinajstić information content (AvgIpc) is 2.91. The van der Waals surface area contributed by atoms with Crippen molar-refractivity contribution in [2.75, 3.05) is 0 Å². The molecule has 0 saturated heterocycles. The molecule has 0 amide bonds. The van der Waals surface area contributed by atoms with Crippen LogP contribution in [-0.4, -0.2) is 17.5 Å². The lowest BCUT2D eigenvalue weighted by atomic mass is 10.1. The van der Waals surface area contributed by atoms with E-state index in [0.29, 0.717) is 11.1 Å². The van der Waals surface area contributed by atoms with E-state index in [1.54, 1.807) is 18.2 Å². The van der Waals surface area contributed by atoms with Crippen LogP contribution in [0.15, 0.2) is 55.4 Å². The van der Waals surface area contributed by atoms with Crippen LogP contribution in [-0.2, 0) is 16.6 Å². The van der Waals surface area contributed by atoms with Gasteiger partial charge in [0, 0.05) is 12.4 Å². The maximum atomic E-state index is 12.6. The van der Waals surface area contributed by atoms with E-state index in [-0.39, 0.29) is 6.61 Å². The molecule has 0 bridgehead atoms. The predicted molar refractivity (Wildman–Crippen MR) is 78.8 cm³/mol. The van der Waals surface area contributed by atoms with Gasteiger partial charge in [0.2, 0.25) is 10.0 Å². The van der Waals surface area contributed by atoms with E-state index in [2.05, 4.69) is 6.58 Å². The maximum absolute atomic E-state index is 12.6. The third-order valence-corrected chi connectivity index (χ3v) is 5.07. The molecule has 2 aromatic rings. The number of aliphatic hydroxyl groups excluding tert-OH is 1. The quantitative estimate of drug-likeness (QED) is 0.861. The fraction of sp³-hybridized carbons (Fsp3) is 0.200. The highest BCUT2D eigenvalue weighted by Crippen LogP contribution is 2.26. The summed E-state index contributed by atoms with van der Waals surface area (Å²) in [5, 5.41) is 8.21. The molecule has 106 valence electrons. The Bertz CT molecular complexity index is 699. The van der Waals surface area contributed by atoms with Gasteiger partial charge in [-0.05, 0) is 24.1 Å². The molecule has 0 radical (unpaired) electrons. The minimum atomic E-state index is -3.62. The molecule has 0 aliphatic rings. The molecule has 2 rings (SSSR count). The molecular weight excluding hydrogens is 274 g/mol. The first-order valence-electron chi connectivity index (χ1n) is 6.20. The van der Waals surface area contributed by atoms with Crippen LogP contribution in [0, 0.1) is 6.92 Å². The lowest BCUT2D eigenvalue weighted by Crippen LogP contribution is -2.18. The number of aryl methyl sites for hydroxylation is 1. The molecule has 1 atom stereocenters. The molecule has 1 unspecified atom stereocenters. The fourth-order valence-electron chi connectivity index (χ4n) is 1.99. The molecule has 1 aromatic carbocycles. The van der Waals surface area contributed by atoms with Gasteiger partial charge in [0.15, 0.2) is 0 Å². The summed E-state index contributed by atoms with van der Waals surface area (Å²) >= 11 is 0. The van der Waals surface area contributed by atoms with Gasteiger partial charge in [0.25, 0.3) is 0 Å². The van der Waals surface area contributed by atoms with Crippen molar-refractivity contribution in [3.05, 3.63) is 72.1 Å². The van der Waals surface area contributed by atoms with E-state index in [0.717, 1.165) is 9.54 Å². The Morgan fingerprint density at radius 1 is 1.30 bits per heavy atom. The smallest absolute Gasteiger partial charge is 0.249 e. The minimum Gasteiger partial charge on any atom is -0.392 e. The molecular formula is C15H17NO3S. The van der Waals surface area contributed by atoms with Gasteiger partial charge in [0.05, 0.1) is 6.61 Å². The van der Waals surface area contributed by atoms with Gasteiger partial charge in [-0.15, -0.1) is 6.58 Å². The summed E-state index contributed by atoms with van der Waals surface area (Å²) in [6, 6.07) is 8.89. The van der Waals surface area contributed by atoms with Crippen molar-refractivity contribution in [2.45, 2.75) is 18.8 Å². The second-order valence-electron chi connectivity index (χ2n) is 4.62. The van der Waals surface area contributed by atoms with Gasteiger partial charge in [0.1, 0.15) is 5.25 Å². The van der Waals surface area contributed by atoms with Crippen LogP contribution in [0.2, 0.25) is 0 Å². The van der Waals surface area contributed by atoms with Crippen molar-refractivity contribution in [2.24, 2.45) is 0 Å². The standard InChI is InChI=1S/C15H17NO3S/c1-3-15(14-6-4-12(2)5-7-14)20(18,19)16-9-8-13(10-16)11-17/h3-10,15,17H,1,11H2,2H3. The maximum Gasteiger partial charge on any atom is 0.249 e. The Hall–Kier alpha value is -1.85. The Morgan fingerprint density at radius 3 is 2.45 bits per heavy atom. The van der Waals surface area contributed by atoms with Crippen molar-refractivity contribution in [3.63, 3.8) is 0 Å². The molecule has 20 heavy (non-hydrogen) atoms. The highest BCUT2D eigenvalue weighted by atomic mass is 32.2. The Balaban J connectivity index is 2.44. The molecule has 1 heterocycles. The monoisotopic (exact) mass is 291 g/mol. The number of benzene rings is 1. The summed E-state index contributed by atoms with van der Waals surface area (Å²) in [5.41, 5.74) is 2.29. The van der Waals surface area contributed by atoms with Crippen molar-refractivity contribution in [1.82, 2.24) is 3.97 Å². The number of rotatable bonds is 5.